The van der Waals surface area contributed by atoms with Crippen LogP contribution in [0.15, 0.2) is 75.0 Å². The number of primary amides is 1. The molecule has 1 aromatic heterocycles. The second kappa shape index (κ2) is 8.28. The van der Waals surface area contributed by atoms with Crippen LogP contribution in [0.25, 0.3) is 17.4 Å². The summed E-state index contributed by atoms with van der Waals surface area (Å²) in [4.78, 5) is 38.8. The molecule has 0 aliphatic carbocycles. The first kappa shape index (κ1) is 20.1. The van der Waals surface area contributed by atoms with Crippen LogP contribution < -0.4 is 11.1 Å². The van der Waals surface area contributed by atoms with Crippen LogP contribution in [0.5, 0.6) is 0 Å². The number of para-hydroxylation sites is 1. The summed E-state index contributed by atoms with van der Waals surface area (Å²) in [6.45, 7) is 0. The number of benzene rings is 2. The van der Waals surface area contributed by atoms with Crippen LogP contribution in [0.3, 0.4) is 0 Å². The van der Waals surface area contributed by atoms with E-state index in [0.717, 1.165) is 11.8 Å². The minimum absolute atomic E-state index is 0.0126. The molecule has 4 rings (SSSR count). The number of rotatable bonds is 5. The topological polar surface area (TPSA) is 141 Å². The van der Waals surface area contributed by atoms with E-state index in [1.807, 2.05) is 0 Å². The summed E-state index contributed by atoms with van der Waals surface area (Å²) in [5.74, 6) is -0.0211. The van der Waals surface area contributed by atoms with Crippen molar-refractivity contribution >= 4 is 46.2 Å². The predicted molar refractivity (Wildman–Crippen MR) is 117 cm³/mol. The molecule has 9 nitrogen and oxygen atoms in total. The average Bonchev–Trinajstić information content (AvgIpc) is 3.35. The van der Waals surface area contributed by atoms with E-state index in [2.05, 4.69) is 10.3 Å². The summed E-state index contributed by atoms with van der Waals surface area (Å²) in [7, 11) is 0. The molecular weight excluding hydrogens is 420 g/mol. The summed E-state index contributed by atoms with van der Waals surface area (Å²) in [6, 6.07) is 15.9. The Balaban J connectivity index is 1.55. The van der Waals surface area contributed by atoms with Gasteiger partial charge in [-0.1, -0.05) is 12.1 Å². The molecule has 2 heterocycles. The standard InChI is InChI=1S/C21H14N4O5S/c22-19(26)15-3-1-2-4-16(15)23-21-24-20(27)18(31-21)11-14-9-10-17(30-14)12-5-7-13(8-6-12)25(28)29/h1-11H,(H2,22,26)(H,23,24,27)/b18-11+. The van der Waals surface area contributed by atoms with Gasteiger partial charge in [-0.2, -0.15) is 0 Å². The highest BCUT2D eigenvalue weighted by Crippen LogP contribution is 2.31. The Labute approximate surface area is 179 Å². The van der Waals surface area contributed by atoms with Gasteiger partial charge in [0.2, 0.25) is 0 Å². The number of carbonyl (C=O) groups excluding carboxylic acids is 2. The van der Waals surface area contributed by atoms with Gasteiger partial charge in [0, 0.05) is 23.8 Å². The Morgan fingerprint density at radius 3 is 2.58 bits per heavy atom. The summed E-state index contributed by atoms with van der Waals surface area (Å²) in [6.07, 6.45) is 1.57. The molecule has 3 N–H and O–H groups in total. The third kappa shape index (κ3) is 4.38. The van der Waals surface area contributed by atoms with Gasteiger partial charge in [-0.3, -0.25) is 19.7 Å². The molecule has 31 heavy (non-hydrogen) atoms. The number of amidine groups is 1. The van der Waals surface area contributed by atoms with E-state index >= 15 is 0 Å². The van der Waals surface area contributed by atoms with Gasteiger partial charge in [0.1, 0.15) is 11.5 Å². The smallest absolute Gasteiger partial charge is 0.269 e. The summed E-state index contributed by atoms with van der Waals surface area (Å²) >= 11 is 1.10. The zero-order valence-corrected chi connectivity index (χ0v) is 16.6. The van der Waals surface area contributed by atoms with Crippen molar-refractivity contribution < 1.29 is 18.9 Å². The highest BCUT2D eigenvalue weighted by molar-refractivity contribution is 8.18. The third-order valence-electron chi connectivity index (χ3n) is 4.31. The van der Waals surface area contributed by atoms with Crippen molar-refractivity contribution in [3.63, 3.8) is 0 Å². The van der Waals surface area contributed by atoms with Crippen LogP contribution in [-0.4, -0.2) is 21.9 Å². The molecule has 0 atom stereocenters. The molecule has 0 radical (unpaired) electrons. The molecule has 0 bridgehead atoms. The fourth-order valence-corrected chi connectivity index (χ4v) is 3.65. The van der Waals surface area contributed by atoms with E-state index in [-0.39, 0.29) is 17.2 Å². The number of amides is 2. The quantitative estimate of drug-likeness (QED) is 0.355. The first-order chi connectivity index (χ1) is 14.9. The number of thioether (sulfide) groups is 1. The van der Waals surface area contributed by atoms with Gasteiger partial charge in [0.25, 0.3) is 17.5 Å². The van der Waals surface area contributed by atoms with Crippen LogP contribution in [-0.2, 0) is 4.79 Å². The van der Waals surface area contributed by atoms with Gasteiger partial charge < -0.3 is 15.5 Å². The number of nitrogens with one attached hydrogen (secondary N) is 1. The van der Waals surface area contributed by atoms with Gasteiger partial charge in [-0.25, -0.2) is 4.99 Å². The number of nitro groups is 1. The minimum atomic E-state index is -0.612. The van der Waals surface area contributed by atoms with Crippen molar-refractivity contribution in [2.75, 3.05) is 0 Å². The number of nitro benzene ring substituents is 1. The molecule has 2 aromatic carbocycles. The Morgan fingerprint density at radius 1 is 1.13 bits per heavy atom. The first-order valence-electron chi connectivity index (χ1n) is 8.94. The second-order valence-corrected chi connectivity index (χ2v) is 7.40. The van der Waals surface area contributed by atoms with Crippen molar-refractivity contribution in [2.45, 2.75) is 0 Å². The molecular formula is C21H14N4O5S. The fraction of sp³-hybridized carbons (Fsp3) is 0. The number of aliphatic imine (C=N–C) groups is 1. The van der Waals surface area contributed by atoms with E-state index in [1.165, 1.54) is 12.1 Å². The zero-order valence-electron chi connectivity index (χ0n) is 15.8. The Bertz CT molecular complexity index is 1260. The number of furan rings is 1. The van der Waals surface area contributed by atoms with Crippen molar-refractivity contribution in [1.82, 2.24) is 5.32 Å². The van der Waals surface area contributed by atoms with E-state index in [0.29, 0.717) is 32.8 Å². The largest absolute Gasteiger partial charge is 0.457 e. The third-order valence-corrected chi connectivity index (χ3v) is 5.22. The molecule has 10 heteroatoms. The SMILES string of the molecule is NC(=O)c1ccccc1N=C1NC(=O)/C(=C\c2ccc(-c3ccc([N+](=O)[O-])cc3)o2)S1. The molecule has 1 aliphatic rings. The zero-order chi connectivity index (χ0) is 22.0. The first-order valence-corrected chi connectivity index (χ1v) is 9.75. The molecule has 1 aliphatic heterocycles. The van der Waals surface area contributed by atoms with Gasteiger partial charge in [0.15, 0.2) is 5.17 Å². The van der Waals surface area contributed by atoms with Gasteiger partial charge >= 0.3 is 0 Å². The molecule has 154 valence electrons. The minimum Gasteiger partial charge on any atom is -0.457 e. The fourth-order valence-electron chi connectivity index (χ4n) is 2.83. The molecule has 0 unspecified atom stereocenters. The van der Waals surface area contributed by atoms with Crippen molar-refractivity contribution in [3.8, 4) is 11.3 Å². The van der Waals surface area contributed by atoms with Crippen molar-refractivity contribution in [2.24, 2.45) is 10.7 Å². The molecule has 1 fully saturated rings. The molecule has 0 saturated carbocycles. The lowest BCUT2D eigenvalue weighted by Crippen LogP contribution is -2.19. The summed E-state index contributed by atoms with van der Waals surface area (Å²) < 4.78 is 5.74. The van der Waals surface area contributed by atoms with Crippen molar-refractivity contribution in [3.05, 3.63) is 87.0 Å². The molecule has 0 spiro atoms. The van der Waals surface area contributed by atoms with Gasteiger partial charge in [-0.15, -0.1) is 0 Å². The summed E-state index contributed by atoms with van der Waals surface area (Å²) in [5.41, 5.74) is 6.63. The Kier molecular flexibility index (Phi) is 5.37. The number of hydrogen-bond acceptors (Lipinski definition) is 7. The van der Waals surface area contributed by atoms with Crippen LogP contribution in [0.4, 0.5) is 11.4 Å². The number of non-ortho nitro benzene ring substituents is 1. The van der Waals surface area contributed by atoms with Crippen LogP contribution >= 0.6 is 11.8 Å². The van der Waals surface area contributed by atoms with Gasteiger partial charge in [-0.05, 0) is 48.2 Å². The average molecular weight is 434 g/mol. The Morgan fingerprint density at radius 2 is 1.87 bits per heavy atom. The van der Waals surface area contributed by atoms with Crippen LogP contribution in [0.2, 0.25) is 0 Å². The molecule has 2 amide bonds. The monoisotopic (exact) mass is 434 g/mol. The van der Waals surface area contributed by atoms with Crippen LogP contribution in [0, 0.1) is 10.1 Å². The lowest BCUT2D eigenvalue weighted by atomic mass is 10.1. The number of carbonyl (C=O) groups is 2. The maximum absolute atomic E-state index is 12.3. The lowest BCUT2D eigenvalue weighted by Gasteiger charge is -2.01. The maximum Gasteiger partial charge on any atom is 0.269 e. The normalized spacial score (nSPS) is 15.9. The summed E-state index contributed by atoms with van der Waals surface area (Å²) in [5, 5.41) is 13.7. The Hall–Kier alpha value is -4.18. The van der Waals surface area contributed by atoms with Crippen molar-refractivity contribution in [1.29, 1.82) is 0 Å². The van der Waals surface area contributed by atoms with E-state index in [9.17, 15) is 19.7 Å². The molecule has 1 saturated heterocycles. The van der Waals surface area contributed by atoms with E-state index in [4.69, 9.17) is 10.2 Å². The van der Waals surface area contributed by atoms with E-state index < -0.39 is 10.8 Å². The highest BCUT2D eigenvalue weighted by atomic mass is 32.2. The van der Waals surface area contributed by atoms with E-state index in [1.54, 1.807) is 54.6 Å². The number of nitrogens with two attached hydrogens (primary N) is 1. The lowest BCUT2D eigenvalue weighted by molar-refractivity contribution is -0.384. The molecule has 3 aromatic rings. The second-order valence-electron chi connectivity index (χ2n) is 6.37. The van der Waals surface area contributed by atoms with Crippen LogP contribution in [0.1, 0.15) is 16.1 Å². The predicted octanol–water partition coefficient (Wildman–Crippen LogP) is 3.85. The highest BCUT2D eigenvalue weighted by Gasteiger charge is 2.25. The number of nitrogens with zero attached hydrogens (tertiary/aromatic N) is 2. The van der Waals surface area contributed by atoms with Gasteiger partial charge in [0.05, 0.1) is 21.1 Å². The number of hydrogen-bond donors (Lipinski definition) is 2. The maximum atomic E-state index is 12.3.